The zero-order valence-corrected chi connectivity index (χ0v) is 15.4. The lowest BCUT2D eigenvalue weighted by atomic mass is 10.1. The van der Waals surface area contributed by atoms with E-state index < -0.39 is 0 Å². The van der Waals surface area contributed by atoms with Crippen molar-refractivity contribution in [2.45, 2.75) is 30.9 Å². The summed E-state index contributed by atoms with van der Waals surface area (Å²) >= 11 is 2.02. The maximum Gasteiger partial charge on any atom is 0.243 e. The number of rotatable bonds is 6. The average molecular weight is 343 g/mol. The number of hydrogen-bond donors (Lipinski definition) is 2. The highest BCUT2D eigenvalue weighted by Crippen LogP contribution is 2.36. The SMILES string of the molecule is CN(C)C(=O)CN=C(NCC1CCOC1)NCC1(C)CCCS1. The van der Waals surface area contributed by atoms with E-state index in [1.54, 1.807) is 19.0 Å². The Hall–Kier alpha value is -0.950. The first-order chi connectivity index (χ1) is 11.0. The molecule has 2 fully saturated rings. The maximum absolute atomic E-state index is 11.8. The Balaban J connectivity index is 1.86. The number of thioether (sulfide) groups is 1. The van der Waals surface area contributed by atoms with Crippen LogP contribution in [0.1, 0.15) is 26.2 Å². The number of carbonyl (C=O) groups is 1. The summed E-state index contributed by atoms with van der Waals surface area (Å²) in [6, 6.07) is 0. The molecule has 0 bridgehead atoms. The van der Waals surface area contributed by atoms with Gasteiger partial charge in [-0.05, 0) is 31.9 Å². The van der Waals surface area contributed by atoms with Crippen LogP contribution < -0.4 is 10.6 Å². The van der Waals surface area contributed by atoms with Gasteiger partial charge in [0.15, 0.2) is 5.96 Å². The van der Waals surface area contributed by atoms with Crippen molar-refractivity contribution in [1.82, 2.24) is 15.5 Å². The lowest BCUT2D eigenvalue weighted by molar-refractivity contribution is -0.127. The van der Waals surface area contributed by atoms with E-state index in [1.807, 2.05) is 11.8 Å². The Labute approximate surface area is 143 Å². The normalized spacial score (nSPS) is 28.0. The fourth-order valence-electron chi connectivity index (χ4n) is 2.69. The van der Waals surface area contributed by atoms with Crippen molar-refractivity contribution in [2.75, 3.05) is 52.7 Å². The standard InChI is InChI=1S/C16H30N4O2S/c1-16(6-4-8-23-16)12-19-15(18-10-14(21)20(2)3)17-9-13-5-7-22-11-13/h13H,4-12H2,1-3H3,(H2,17,18,19). The fourth-order valence-corrected chi connectivity index (χ4v) is 3.94. The van der Waals surface area contributed by atoms with Gasteiger partial charge in [0.25, 0.3) is 0 Å². The fraction of sp³-hybridized carbons (Fsp3) is 0.875. The molecule has 1 amide bonds. The third-order valence-corrected chi connectivity index (χ3v) is 5.92. The molecule has 0 aromatic rings. The second kappa shape index (κ2) is 8.78. The number of nitrogens with zero attached hydrogens (tertiary/aromatic N) is 2. The molecule has 23 heavy (non-hydrogen) atoms. The monoisotopic (exact) mass is 342 g/mol. The molecule has 2 heterocycles. The van der Waals surface area contributed by atoms with Crippen LogP contribution in [0.5, 0.6) is 0 Å². The minimum atomic E-state index is 0.0109. The molecule has 2 aliphatic rings. The van der Waals surface area contributed by atoms with Crippen LogP contribution in [-0.4, -0.2) is 74.2 Å². The van der Waals surface area contributed by atoms with E-state index in [1.165, 1.54) is 18.6 Å². The number of nitrogens with one attached hydrogen (secondary N) is 2. The highest BCUT2D eigenvalue weighted by atomic mass is 32.2. The van der Waals surface area contributed by atoms with Crippen molar-refractivity contribution < 1.29 is 9.53 Å². The van der Waals surface area contributed by atoms with E-state index in [0.717, 1.165) is 38.7 Å². The number of likely N-dealkylation sites (N-methyl/N-ethyl adjacent to an activating group) is 1. The number of guanidine groups is 1. The van der Waals surface area contributed by atoms with Crippen LogP contribution >= 0.6 is 11.8 Å². The highest BCUT2D eigenvalue weighted by Gasteiger charge is 2.29. The molecule has 2 rings (SSSR count). The van der Waals surface area contributed by atoms with Gasteiger partial charge in [0.05, 0.1) is 6.61 Å². The summed E-state index contributed by atoms with van der Waals surface area (Å²) in [5.74, 6) is 2.51. The van der Waals surface area contributed by atoms with E-state index in [-0.39, 0.29) is 17.2 Å². The molecule has 2 saturated heterocycles. The Kier molecular flexibility index (Phi) is 7.02. The van der Waals surface area contributed by atoms with Crippen LogP contribution in [0.4, 0.5) is 0 Å². The Bertz CT molecular complexity index is 416. The quantitative estimate of drug-likeness (QED) is 0.555. The van der Waals surface area contributed by atoms with E-state index in [9.17, 15) is 4.79 Å². The first-order valence-electron chi connectivity index (χ1n) is 8.42. The van der Waals surface area contributed by atoms with Crippen LogP contribution in [-0.2, 0) is 9.53 Å². The molecule has 0 saturated carbocycles. The van der Waals surface area contributed by atoms with Gasteiger partial charge in [-0.1, -0.05) is 0 Å². The van der Waals surface area contributed by atoms with Crippen molar-refractivity contribution in [3.63, 3.8) is 0 Å². The molecule has 0 aromatic heterocycles. The van der Waals surface area contributed by atoms with Gasteiger partial charge in [0.1, 0.15) is 6.54 Å². The van der Waals surface area contributed by atoms with Crippen LogP contribution in [0.25, 0.3) is 0 Å². The van der Waals surface area contributed by atoms with E-state index in [0.29, 0.717) is 5.92 Å². The second-order valence-corrected chi connectivity index (χ2v) is 8.50. The molecule has 2 N–H and O–H groups in total. The molecule has 0 aromatic carbocycles. The van der Waals surface area contributed by atoms with Gasteiger partial charge in [-0.3, -0.25) is 4.79 Å². The zero-order valence-electron chi connectivity index (χ0n) is 14.6. The first-order valence-corrected chi connectivity index (χ1v) is 9.41. The third kappa shape index (κ3) is 6.22. The molecule has 132 valence electrons. The van der Waals surface area contributed by atoms with Crippen LogP contribution in [0.2, 0.25) is 0 Å². The van der Waals surface area contributed by atoms with Crippen molar-refractivity contribution in [3.05, 3.63) is 0 Å². The minimum absolute atomic E-state index is 0.0109. The van der Waals surface area contributed by atoms with E-state index >= 15 is 0 Å². The molecule has 2 unspecified atom stereocenters. The van der Waals surface area contributed by atoms with Gasteiger partial charge in [-0.15, -0.1) is 0 Å². The third-order valence-electron chi connectivity index (χ3n) is 4.38. The topological polar surface area (TPSA) is 66.0 Å². The van der Waals surface area contributed by atoms with E-state index in [4.69, 9.17) is 4.74 Å². The summed E-state index contributed by atoms with van der Waals surface area (Å²) < 4.78 is 5.68. The molecule has 0 radical (unpaired) electrons. The minimum Gasteiger partial charge on any atom is -0.381 e. The van der Waals surface area contributed by atoms with E-state index in [2.05, 4.69) is 22.5 Å². The van der Waals surface area contributed by atoms with Gasteiger partial charge in [0, 0.05) is 44.5 Å². The predicted molar refractivity (Wildman–Crippen MR) is 96.0 cm³/mol. The Morgan fingerprint density at radius 3 is 2.87 bits per heavy atom. The summed E-state index contributed by atoms with van der Waals surface area (Å²) in [6.45, 7) is 5.84. The van der Waals surface area contributed by atoms with Gasteiger partial charge in [-0.2, -0.15) is 11.8 Å². The smallest absolute Gasteiger partial charge is 0.243 e. The molecule has 0 aliphatic carbocycles. The molecular formula is C16H30N4O2S. The second-order valence-electron chi connectivity index (χ2n) is 6.82. The number of amides is 1. The molecular weight excluding hydrogens is 312 g/mol. The number of aliphatic imine (C=N–C) groups is 1. The summed E-state index contributed by atoms with van der Waals surface area (Å²) in [6.07, 6.45) is 3.59. The zero-order chi connectivity index (χ0) is 16.7. The molecule has 6 nitrogen and oxygen atoms in total. The van der Waals surface area contributed by atoms with Crippen LogP contribution in [0, 0.1) is 5.92 Å². The predicted octanol–water partition coefficient (Wildman–Crippen LogP) is 0.932. The lowest BCUT2D eigenvalue weighted by Crippen LogP contribution is -2.45. The maximum atomic E-state index is 11.8. The number of ether oxygens (including phenoxy) is 1. The summed E-state index contributed by atoms with van der Waals surface area (Å²) in [7, 11) is 3.51. The van der Waals surface area contributed by atoms with Gasteiger partial charge >= 0.3 is 0 Å². The lowest BCUT2D eigenvalue weighted by Gasteiger charge is -2.25. The van der Waals surface area contributed by atoms with Crippen molar-refractivity contribution in [3.8, 4) is 0 Å². The summed E-state index contributed by atoms with van der Waals surface area (Å²) in [5, 5.41) is 6.80. The van der Waals surface area contributed by atoms with Gasteiger partial charge in [0.2, 0.25) is 5.91 Å². The van der Waals surface area contributed by atoms with Crippen LogP contribution in [0.3, 0.4) is 0 Å². The molecule has 7 heteroatoms. The van der Waals surface area contributed by atoms with Crippen molar-refractivity contribution in [2.24, 2.45) is 10.9 Å². The highest BCUT2D eigenvalue weighted by molar-refractivity contribution is 8.00. The summed E-state index contributed by atoms with van der Waals surface area (Å²) in [4.78, 5) is 17.8. The molecule has 2 atom stereocenters. The van der Waals surface area contributed by atoms with Crippen LogP contribution in [0.15, 0.2) is 4.99 Å². The Morgan fingerprint density at radius 1 is 1.43 bits per heavy atom. The number of hydrogen-bond acceptors (Lipinski definition) is 4. The Morgan fingerprint density at radius 2 is 2.26 bits per heavy atom. The van der Waals surface area contributed by atoms with Gasteiger partial charge in [-0.25, -0.2) is 4.99 Å². The van der Waals surface area contributed by atoms with Crippen molar-refractivity contribution >= 4 is 23.6 Å². The average Bonchev–Trinajstić information content (AvgIpc) is 3.18. The van der Waals surface area contributed by atoms with Gasteiger partial charge < -0.3 is 20.3 Å². The first kappa shape index (κ1) is 18.4. The largest absolute Gasteiger partial charge is 0.381 e. The summed E-state index contributed by atoms with van der Waals surface area (Å²) in [5.41, 5.74) is 0. The molecule has 2 aliphatic heterocycles. The number of carbonyl (C=O) groups excluding carboxylic acids is 1. The van der Waals surface area contributed by atoms with Crippen molar-refractivity contribution in [1.29, 1.82) is 0 Å². The molecule has 0 spiro atoms.